The van der Waals surface area contributed by atoms with E-state index in [9.17, 15) is 22.0 Å². The summed E-state index contributed by atoms with van der Waals surface area (Å²) in [5, 5.41) is 11.5. The number of aromatic nitrogens is 4. The molecule has 0 atom stereocenters. The standard InChI is InChI=1S/C18H15ClF5N5/c19-16-14(9-25-29-15(8-18(22,23)24)26-27-17(16)29)28-5-3-10(4-6-28)12-2-1-11(20)7-13(12)21/h1-2,7,9-10H,3-6,8H2. The summed E-state index contributed by atoms with van der Waals surface area (Å²) in [6, 6.07) is 3.58. The van der Waals surface area contributed by atoms with E-state index < -0.39 is 24.2 Å². The molecule has 0 spiro atoms. The van der Waals surface area contributed by atoms with E-state index in [0.717, 1.165) is 10.6 Å². The first-order chi connectivity index (χ1) is 13.7. The molecule has 0 unspecified atom stereocenters. The molecule has 3 aromatic rings. The normalized spacial score (nSPS) is 16.0. The van der Waals surface area contributed by atoms with Gasteiger partial charge in [-0.2, -0.15) is 22.8 Å². The second kappa shape index (κ2) is 7.40. The number of benzene rings is 1. The van der Waals surface area contributed by atoms with Crippen LogP contribution in [0.4, 0.5) is 27.6 Å². The molecule has 3 heterocycles. The molecule has 11 heteroatoms. The quantitative estimate of drug-likeness (QED) is 0.571. The van der Waals surface area contributed by atoms with Crippen LogP contribution in [0.3, 0.4) is 0 Å². The number of hydrogen-bond acceptors (Lipinski definition) is 4. The van der Waals surface area contributed by atoms with E-state index in [2.05, 4.69) is 15.3 Å². The molecule has 4 rings (SSSR count). The van der Waals surface area contributed by atoms with Crippen molar-refractivity contribution in [3.05, 3.63) is 52.4 Å². The third kappa shape index (κ3) is 3.98. The Morgan fingerprint density at radius 3 is 2.48 bits per heavy atom. The van der Waals surface area contributed by atoms with Crippen molar-refractivity contribution in [3.8, 4) is 0 Å². The summed E-state index contributed by atoms with van der Waals surface area (Å²) in [7, 11) is 0. The van der Waals surface area contributed by atoms with Gasteiger partial charge in [0.25, 0.3) is 0 Å². The zero-order valence-corrected chi connectivity index (χ0v) is 15.7. The van der Waals surface area contributed by atoms with Gasteiger partial charge in [-0.05, 0) is 30.4 Å². The predicted octanol–water partition coefficient (Wildman–Crippen LogP) is 4.54. The van der Waals surface area contributed by atoms with Crippen molar-refractivity contribution in [3.63, 3.8) is 0 Å². The fourth-order valence-corrected chi connectivity index (χ4v) is 3.91. The Morgan fingerprint density at radius 1 is 1.10 bits per heavy atom. The summed E-state index contributed by atoms with van der Waals surface area (Å²) >= 11 is 6.37. The van der Waals surface area contributed by atoms with Crippen LogP contribution >= 0.6 is 11.6 Å². The fraction of sp³-hybridized carbons (Fsp3) is 0.389. The summed E-state index contributed by atoms with van der Waals surface area (Å²) < 4.78 is 66.1. The van der Waals surface area contributed by atoms with Gasteiger partial charge in [-0.25, -0.2) is 8.78 Å². The van der Waals surface area contributed by atoms with Crippen molar-refractivity contribution >= 4 is 22.9 Å². The van der Waals surface area contributed by atoms with Crippen LogP contribution in [0.25, 0.3) is 5.65 Å². The summed E-state index contributed by atoms with van der Waals surface area (Å²) in [5.74, 6) is -1.58. The van der Waals surface area contributed by atoms with E-state index in [4.69, 9.17) is 11.6 Å². The Morgan fingerprint density at radius 2 is 1.83 bits per heavy atom. The number of halogens is 6. The van der Waals surface area contributed by atoms with Crippen LogP contribution in [-0.2, 0) is 6.42 Å². The molecule has 0 aliphatic carbocycles. The summed E-state index contributed by atoms with van der Waals surface area (Å²) in [6.45, 7) is 1.06. The van der Waals surface area contributed by atoms with E-state index in [-0.39, 0.29) is 22.4 Å². The monoisotopic (exact) mass is 431 g/mol. The third-order valence-corrected chi connectivity index (χ3v) is 5.38. The minimum absolute atomic E-state index is 0.0510. The SMILES string of the molecule is Fc1ccc(C2CCN(c3cnn4c(CC(F)(F)F)nnc4c3Cl)CC2)c(F)c1. The molecule has 0 radical (unpaired) electrons. The molecule has 5 nitrogen and oxygen atoms in total. The molecule has 0 saturated carbocycles. The van der Waals surface area contributed by atoms with Gasteiger partial charge >= 0.3 is 6.18 Å². The van der Waals surface area contributed by atoms with Gasteiger partial charge in [0.2, 0.25) is 0 Å². The number of alkyl halides is 3. The van der Waals surface area contributed by atoms with Gasteiger partial charge in [-0.1, -0.05) is 17.7 Å². The Balaban J connectivity index is 1.53. The van der Waals surface area contributed by atoms with Crippen molar-refractivity contribution < 1.29 is 22.0 Å². The highest BCUT2D eigenvalue weighted by atomic mass is 35.5. The lowest BCUT2D eigenvalue weighted by Gasteiger charge is -2.34. The van der Waals surface area contributed by atoms with E-state index in [1.807, 2.05) is 4.90 Å². The first-order valence-corrected chi connectivity index (χ1v) is 9.26. The molecule has 0 N–H and O–H groups in total. The van der Waals surface area contributed by atoms with Crippen molar-refractivity contribution in [2.45, 2.75) is 31.4 Å². The topological polar surface area (TPSA) is 46.3 Å². The van der Waals surface area contributed by atoms with Crippen molar-refractivity contribution in [2.75, 3.05) is 18.0 Å². The number of hydrogen-bond donors (Lipinski definition) is 0. The Bertz CT molecular complexity index is 1040. The summed E-state index contributed by atoms with van der Waals surface area (Å²) in [4.78, 5) is 1.92. The van der Waals surface area contributed by atoms with Gasteiger partial charge in [0.15, 0.2) is 11.5 Å². The molecule has 154 valence electrons. The first kappa shape index (κ1) is 19.8. The molecule has 1 aliphatic heterocycles. The number of anilines is 1. The molecule has 1 fully saturated rings. The van der Waals surface area contributed by atoms with Crippen LogP contribution in [-0.4, -0.2) is 39.1 Å². The Labute approximate surface area is 167 Å². The van der Waals surface area contributed by atoms with E-state index in [0.29, 0.717) is 37.2 Å². The minimum atomic E-state index is -4.44. The molecule has 2 aromatic heterocycles. The molecule has 1 aliphatic rings. The van der Waals surface area contributed by atoms with Crippen LogP contribution < -0.4 is 4.90 Å². The second-order valence-corrected chi connectivity index (χ2v) is 7.29. The largest absolute Gasteiger partial charge is 0.396 e. The van der Waals surface area contributed by atoms with Crippen LogP contribution in [0.5, 0.6) is 0 Å². The van der Waals surface area contributed by atoms with E-state index in [1.165, 1.54) is 18.3 Å². The maximum Gasteiger partial charge on any atom is 0.396 e. The molecule has 29 heavy (non-hydrogen) atoms. The zero-order valence-electron chi connectivity index (χ0n) is 14.9. The maximum atomic E-state index is 14.0. The number of rotatable bonds is 3. The average molecular weight is 432 g/mol. The number of nitrogens with zero attached hydrogens (tertiary/aromatic N) is 5. The lowest BCUT2D eigenvalue weighted by atomic mass is 9.89. The fourth-order valence-electron chi connectivity index (χ4n) is 3.63. The molecule has 0 bridgehead atoms. The van der Waals surface area contributed by atoms with Crippen LogP contribution in [0.15, 0.2) is 24.4 Å². The molecular formula is C18H15ClF5N5. The highest BCUT2D eigenvalue weighted by Gasteiger charge is 2.32. The molecule has 1 aromatic carbocycles. The number of fused-ring (bicyclic) bond motifs is 1. The highest BCUT2D eigenvalue weighted by molar-refractivity contribution is 6.36. The second-order valence-electron chi connectivity index (χ2n) is 6.91. The average Bonchev–Trinajstić information content (AvgIpc) is 3.04. The Hall–Kier alpha value is -2.49. The van der Waals surface area contributed by atoms with Gasteiger partial charge in [0.05, 0.1) is 11.9 Å². The number of piperidine rings is 1. The summed E-state index contributed by atoms with van der Waals surface area (Å²) in [5.41, 5.74) is 1.05. The van der Waals surface area contributed by atoms with Gasteiger partial charge in [0, 0.05) is 19.2 Å². The smallest absolute Gasteiger partial charge is 0.369 e. The van der Waals surface area contributed by atoms with Gasteiger partial charge in [0.1, 0.15) is 23.1 Å². The van der Waals surface area contributed by atoms with Crippen LogP contribution in [0.2, 0.25) is 5.02 Å². The molecular weight excluding hydrogens is 417 g/mol. The maximum absolute atomic E-state index is 14.0. The lowest BCUT2D eigenvalue weighted by molar-refractivity contribution is -0.128. The molecule has 1 saturated heterocycles. The van der Waals surface area contributed by atoms with Crippen LogP contribution in [0, 0.1) is 11.6 Å². The van der Waals surface area contributed by atoms with Gasteiger partial charge in [-0.15, -0.1) is 10.2 Å². The van der Waals surface area contributed by atoms with E-state index in [1.54, 1.807) is 0 Å². The van der Waals surface area contributed by atoms with E-state index >= 15 is 0 Å². The van der Waals surface area contributed by atoms with Crippen molar-refractivity contribution in [2.24, 2.45) is 0 Å². The van der Waals surface area contributed by atoms with Crippen molar-refractivity contribution in [1.82, 2.24) is 19.8 Å². The Kier molecular flexibility index (Phi) is 5.05. The summed E-state index contributed by atoms with van der Waals surface area (Å²) in [6.07, 6.45) is -3.09. The molecule has 0 amide bonds. The first-order valence-electron chi connectivity index (χ1n) is 8.88. The minimum Gasteiger partial charge on any atom is -0.369 e. The van der Waals surface area contributed by atoms with Crippen molar-refractivity contribution in [1.29, 1.82) is 0 Å². The van der Waals surface area contributed by atoms with Crippen LogP contribution in [0.1, 0.15) is 30.1 Å². The highest BCUT2D eigenvalue weighted by Crippen LogP contribution is 2.35. The van der Waals surface area contributed by atoms with Gasteiger partial charge < -0.3 is 4.90 Å². The van der Waals surface area contributed by atoms with Gasteiger partial charge in [-0.3, -0.25) is 0 Å². The third-order valence-electron chi connectivity index (χ3n) is 5.02. The lowest BCUT2D eigenvalue weighted by Crippen LogP contribution is -2.33. The zero-order chi connectivity index (χ0) is 20.8. The predicted molar refractivity (Wildman–Crippen MR) is 96.1 cm³/mol.